The second kappa shape index (κ2) is 7.37. The normalized spacial score (nSPS) is 12.6. The quantitative estimate of drug-likeness (QED) is 0.605. The van der Waals surface area contributed by atoms with Crippen LogP contribution >= 0.6 is 11.8 Å². The minimum atomic E-state index is 0.182. The van der Waals surface area contributed by atoms with Gasteiger partial charge in [-0.1, -0.05) is 5.16 Å². The summed E-state index contributed by atoms with van der Waals surface area (Å²) in [5.41, 5.74) is 0. The first-order chi connectivity index (χ1) is 8.96. The van der Waals surface area contributed by atoms with Crippen LogP contribution in [0, 0.1) is 6.92 Å². The van der Waals surface area contributed by atoms with Gasteiger partial charge >= 0.3 is 0 Å². The molecule has 0 aromatic carbocycles. The van der Waals surface area contributed by atoms with E-state index < -0.39 is 0 Å². The molecule has 6 nitrogen and oxygen atoms in total. The number of aromatic nitrogens is 2. The highest BCUT2D eigenvalue weighted by Crippen LogP contribution is 2.19. The van der Waals surface area contributed by atoms with E-state index in [1.165, 1.54) is 0 Å². The molecule has 0 aliphatic rings. The Labute approximate surface area is 118 Å². The Kier molecular flexibility index (Phi) is 6.14. The van der Waals surface area contributed by atoms with E-state index in [0.29, 0.717) is 24.7 Å². The van der Waals surface area contributed by atoms with E-state index in [-0.39, 0.29) is 4.75 Å². The van der Waals surface area contributed by atoms with Gasteiger partial charge in [-0.05, 0) is 27.0 Å². The van der Waals surface area contributed by atoms with Gasteiger partial charge in [0.15, 0.2) is 11.8 Å². The van der Waals surface area contributed by atoms with Crippen molar-refractivity contribution in [3.05, 3.63) is 11.7 Å². The Morgan fingerprint density at radius 1 is 1.42 bits per heavy atom. The number of thioether (sulfide) groups is 1. The van der Waals surface area contributed by atoms with Crippen LogP contribution in [0.3, 0.4) is 0 Å². The predicted molar refractivity (Wildman–Crippen MR) is 79.7 cm³/mol. The van der Waals surface area contributed by atoms with Crippen molar-refractivity contribution in [3.63, 3.8) is 0 Å². The minimum absolute atomic E-state index is 0.182. The summed E-state index contributed by atoms with van der Waals surface area (Å²) in [7, 11) is 1.76. The van der Waals surface area contributed by atoms with Crippen LogP contribution in [0.4, 0.5) is 0 Å². The summed E-state index contributed by atoms with van der Waals surface area (Å²) < 4.78 is 5.23. The summed E-state index contributed by atoms with van der Waals surface area (Å²) in [6.45, 7) is 7.76. The van der Waals surface area contributed by atoms with Gasteiger partial charge in [-0.25, -0.2) is 0 Å². The van der Waals surface area contributed by atoms with Gasteiger partial charge in [-0.3, -0.25) is 4.99 Å². The molecule has 19 heavy (non-hydrogen) atoms. The first-order valence-corrected chi connectivity index (χ1v) is 7.48. The molecule has 1 aromatic rings. The molecule has 0 radical (unpaired) electrons. The number of guanidine groups is 1. The standard InChI is InChI=1S/C12H23N5OS/c1-9-16-10(18-17-9)6-7-14-11(13-4)15-8-12(2,3)19-5/h6-8H2,1-5H3,(H2,13,14,15). The summed E-state index contributed by atoms with van der Waals surface area (Å²) in [5, 5.41) is 10.3. The Hall–Kier alpha value is -1.24. The summed E-state index contributed by atoms with van der Waals surface area (Å²) in [5.74, 6) is 2.10. The largest absolute Gasteiger partial charge is 0.356 e. The van der Waals surface area contributed by atoms with Gasteiger partial charge in [0.05, 0.1) is 0 Å². The second-order valence-corrected chi connectivity index (χ2v) is 6.32. The van der Waals surface area contributed by atoms with E-state index in [1.807, 2.05) is 18.7 Å². The molecule has 0 spiro atoms. The summed E-state index contributed by atoms with van der Waals surface area (Å²) in [6.07, 6.45) is 2.79. The molecule has 0 bridgehead atoms. The maximum Gasteiger partial charge on any atom is 0.228 e. The van der Waals surface area contributed by atoms with E-state index in [0.717, 1.165) is 12.5 Å². The molecule has 0 amide bonds. The zero-order chi connectivity index (χ0) is 14.3. The van der Waals surface area contributed by atoms with Crippen molar-refractivity contribution < 1.29 is 4.52 Å². The Balaban J connectivity index is 2.30. The second-order valence-electron chi connectivity index (χ2n) is 4.80. The van der Waals surface area contributed by atoms with Crippen LogP contribution in [0.25, 0.3) is 0 Å². The average molecular weight is 285 g/mol. The molecule has 0 aliphatic carbocycles. The third-order valence-corrected chi connectivity index (χ3v) is 3.91. The molecule has 0 unspecified atom stereocenters. The van der Waals surface area contributed by atoms with Crippen LogP contribution in [0.5, 0.6) is 0 Å². The Morgan fingerprint density at radius 3 is 2.68 bits per heavy atom. The Bertz CT molecular complexity index is 416. The maximum absolute atomic E-state index is 5.05. The van der Waals surface area contributed by atoms with Gasteiger partial charge < -0.3 is 15.2 Å². The van der Waals surface area contributed by atoms with Crippen LogP contribution in [-0.2, 0) is 6.42 Å². The number of aliphatic imine (C=N–C) groups is 1. The monoisotopic (exact) mass is 285 g/mol. The summed E-state index contributed by atoms with van der Waals surface area (Å²) in [6, 6.07) is 0. The van der Waals surface area contributed by atoms with Crippen LogP contribution in [0.15, 0.2) is 9.52 Å². The van der Waals surface area contributed by atoms with Crippen molar-refractivity contribution in [2.45, 2.75) is 31.9 Å². The predicted octanol–water partition coefficient (Wildman–Crippen LogP) is 1.23. The van der Waals surface area contributed by atoms with Crippen molar-refractivity contribution in [1.82, 2.24) is 20.8 Å². The molecule has 0 saturated carbocycles. The number of hydrogen-bond donors (Lipinski definition) is 2. The number of aryl methyl sites for hydroxylation is 1. The molecule has 0 atom stereocenters. The van der Waals surface area contributed by atoms with E-state index in [2.05, 4.69) is 45.9 Å². The molecule has 7 heteroatoms. The van der Waals surface area contributed by atoms with Gasteiger partial charge in [-0.15, -0.1) is 0 Å². The average Bonchev–Trinajstić information content (AvgIpc) is 2.79. The van der Waals surface area contributed by atoms with Gasteiger partial charge in [0.1, 0.15) is 0 Å². The fraction of sp³-hybridized carbons (Fsp3) is 0.750. The Morgan fingerprint density at radius 2 is 2.16 bits per heavy atom. The topological polar surface area (TPSA) is 75.3 Å². The van der Waals surface area contributed by atoms with Gasteiger partial charge in [0.25, 0.3) is 0 Å². The van der Waals surface area contributed by atoms with Gasteiger partial charge in [-0.2, -0.15) is 16.7 Å². The van der Waals surface area contributed by atoms with E-state index >= 15 is 0 Å². The molecule has 1 aromatic heterocycles. The zero-order valence-corrected chi connectivity index (χ0v) is 13.1. The minimum Gasteiger partial charge on any atom is -0.356 e. The van der Waals surface area contributed by atoms with Crippen LogP contribution in [0.2, 0.25) is 0 Å². The zero-order valence-electron chi connectivity index (χ0n) is 12.3. The smallest absolute Gasteiger partial charge is 0.228 e. The molecule has 2 N–H and O–H groups in total. The number of hydrogen-bond acceptors (Lipinski definition) is 5. The number of nitrogens with one attached hydrogen (secondary N) is 2. The van der Waals surface area contributed by atoms with Crippen molar-refractivity contribution >= 4 is 17.7 Å². The third-order valence-electron chi connectivity index (χ3n) is 2.66. The van der Waals surface area contributed by atoms with Crippen LogP contribution in [-0.4, -0.2) is 47.2 Å². The van der Waals surface area contributed by atoms with Gasteiger partial charge in [0, 0.05) is 31.3 Å². The maximum atomic E-state index is 5.05. The SMILES string of the molecule is CN=C(NCCc1nc(C)no1)NCC(C)(C)SC. The van der Waals surface area contributed by atoms with Crippen molar-refractivity contribution in [1.29, 1.82) is 0 Å². The summed E-state index contributed by atoms with van der Waals surface area (Å²) >= 11 is 1.82. The van der Waals surface area contributed by atoms with Crippen molar-refractivity contribution in [2.75, 3.05) is 26.4 Å². The highest BCUT2D eigenvalue weighted by Gasteiger charge is 2.16. The van der Waals surface area contributed by atoms with E-state index in [1.54, 1.807) is 7.05 Å². The molecule has 1 heterocycles. The first-order valence-electron chi connectivity index (χ1n) is 6.25. The van der Waals surface area contributed by atoms with Crippen molar-refractivity contribution in [3.8, 4) is 0 Å². The lowest BCUT2D eigenvalue weighted by Gasteiger charge is -2.23. The molecule has 0 aliphatic heterocycles. The third kappa shape index (κ3) is 5.96. The molecule has 0 fully saturated rings. The van der Waals surface area contributed by atoms with Crippen molar-refractivity contribution in [2.24, 2.45) is 4.99 Å². The fourth-order valence-electron chi connectivity index (χ4n) is 1.32. The first kappa shape index (κ1) is 15.8. The van der Waals surface area contributed by atoms with Gasteiger partial charge in [0.2, 0.25) is 5.89 Å². The number of rotatable bonds is 6. The molecular weight excluding hydrogens is 262 g/mol. The lowest BCUT2D eigenvalue weighted by Crippen LogP contribution is -2.43. The number of nitrogens with zero attached hydrogens (tertiary/aromatic N) is 3. The highest BCUT2D eigenvalue weighted by atomic mass is 32.2. The molecular formula is C12H23N5OS. The van der Waals surface area contributed by atoms with E-state index in [4.69, 9.17) is 4.52 Å². The van der Waals surface area contributed by atoms with Crippen LogP contribution < -0.4 is 10.6 Å². The lowest BCUT2D eigenvalue weighted by molar-refractivity contribution is 0.374. The molecule has 1 rings (SSSR count). The molecule has 0 saturated heterocycles. The summed E-state index contributed by atoms with van der Waals surface area (Å²) in [4.78, 5) is 8.33. The fourth-order valence-corrected chi connectivity index (χ4v) is 1.54. The van der Waals surface area contributed by atoms with E-state index in [9.17, 15) is 0 Å². The lowest BCUT2D eigenvalue weighted by atomic mass is 10.2. The van der Waals surface area contributed by atoms with Crippen LogP contribution in [0.1, 0.15) is 25.6 Å². The molecule has 108 valence electrons. The highest BCUT2D eigenvalue weighted by molar-refractivity contribution is 7.99.